The van der Waals surface area contributed by atoms with Gasteiger partial charge in [0.1, 0.15) is 11.5 Å². The van der Waals surface area contributed by atoms with Crippen LogP contribution in [0, 0.1) is 0 Å². The molecule has 0 aliphatic heterocycles. The van der Waals surface area contributed by atoms with Crippen molar-refractivity contribution < 1.29 is 9.47 Å². The number of anilines is 1. The number of nitrogens with zero attached hydrogens (tertiary/aromatic N) is 3. The number of benzene rings is 3. The lowest BCUT2D eigenvalue weighted by Gasteiger charge is -2.05. The molecular formula is C21H20N4O2. The Balaban J connectivity index is 1.82. The average Bonchev–Trinajstić information content (AvgIpc) is 2.75. The maximum Gasteiger partial charge on any atom is 0.201 e. The van der Waals surface area contributed by atoms with Crippen LogP contribution in [-0.2, 0) is 0 Å². The van der Waals surface area contributed by atoms with Crippen molar-refractivity contribution in [3.8, 4) is 11.5 Å². The first kappa shape index (κ1) is 18.1. The minimum absolute atomic E-state index is 0.474. The fraction of sp³-hybridized carbons (Fsp3) is 0.0952. The average molecular weight is 360 g/mol. The van der Waals surface area contributed by atoms with Crippen LogP contribution in [0.2, 0.25) is 0 Å². The minimum Gasteiger partial charge on any atom is -0.497 e. The third-order valence-corrected chi connectivity index (χ3v) is 3.75. The maximum absolute atomic E-state index is 5.16. The first-order valence-electron chi connectivity index (χ1n) is 8.37. The Labute approximate surface area is 158 Å². The lowest BCUT2D eigenvalue weighted by atomic mass is 10.2. The van der Waals surface area contributed by atoms with Crippen LogP contribution in [-0.4, -0.2) is 20.1 Å². The molecule has 0 fully saturated rings. The third-order valence-electron chi connectivity index (χ3n) is 3.75. The molecule has 0 radical (unpaired) electrons. The van der Waals surface area contributed by atoms with Gasteiger partial charge >= 0.3 is 0 Å². The zero-order chi connectivity index (χ0) is 18.9. The Hall–Kier alpha value is -3.67. The topological polar surface area (TPSA) is 67.6 Å². The monoisotopic (exact) mass is 360 g/mol. The van der Waals surface area contributed by atoms with Gasteiger partial charge in [0.15, 0.2) is 0 Å². The van der Waals surface area contributed by atoms with Crippen LogP contribution in [0.15, 0.2) is 94.2 Å². The van der Waals surface area contributed by atoms with Crippen LogP contribution in [0.4, 0.5) is 11.4 Å². The Morgan fingerprint density at radius 3 is 1.93 bits per heavy atom. The molecule has 0 amide bonds. The number of ether oxygens (including phenoxy) is 2. The quantitative estimate of drug-likeness (QED) is 0.282. The summed E-state index contributed by atoms with van der Waals surface area (Å²) in [6, 6.07) is 24.5. The van der Waals surface area contributed by atoms with E-state index < -0.39 is 0 Å². The molecule has 1 N–H and O–H groups in total. The predicted molar refractivity (Wildman–Crippen MR) is 107 cm³/mol. The van der Waals surface area contributed by atoms with Crippen LogP contribution >= 0.6 is 0 Å². The number of hydrogen-bond acceptors (Lipinski definition) is 5. The van der Waals surface area contributed by atoms with Crippen molar-refractivity contribution in [1.82, 2.24) is 0 Å². The van der Waals surface area contributed by atoms with E-state index in [1.54, 1.807) is 14.2 Å². The summed E-state index contributed by atoms with van der Waals surface area (Å²) < 4.78 is 10.3. The van der Waals surface area contributed by atoms with Gasteiger partial charge in [-0.15, -0.1) is 10.2 Å². The second kappa shape index (κ2) is 9.15. The fourth-order valence-electron chi connectivity index (χ4n) is 2.27. The van der Waals surface area contributed by atoms with Gasteiger partial charge in [-0.2, -0.15) is 5.10 Å². The highest BCUT2D eigenvalue weighted by atomic mass is 16.5. The maximum atomic E-state index is 5.16. The molecule has 6 heteroatoms. The van der Waals surface area contributed by atoms with Crippen molar-refractivity contribution in [1.29, 1.82) is 0 Å². The zero-order valence-corrected chi connectivity index (χ0v) is 15.2. The summed E-state index contributed by atoms with van der Waals surface area (Å²) in [6.07, 6.45) is 0. The second-order valence-corrected chi connectivity index (χ2v) is 5.54. The number of azo groups is 1. The van der Waals surface area contributed by atoms with E-state index in [-0.39, 0.29) is 0 Å². The molecule has 0 saturated heterocycles. The van der Waals surface area contributed by atoms with Gasteiger partial charge in [0.05, 0.1) is 25.6 Å². The summed E-state index contributed by atoms with van der Waals surface area (Å²) in [6.45, 7) is 0. The Kier molecular flexibility index (Phi) is 6.14. The van der Waals surface area contributed by atoms with Crippen molar-refractivity contribution in [3.05, 3.63) is 84.4 Å². The molecule has 3 aromatic carbocycles. The summed E-state index contributed by atoms with van der Waals surface area (Å²) >= 11 is 0. The molecular weight excluding hydrogens is 340 g/mol. The smallest absolute Gasteiger partial charge is 0.201 e. The molecule has 0 saturated carbocycles. The molecule has 0 aliphatic carbocycles. The van der Waals surface area contributed by atoms with Crippen LogP contribution in [0.25, 0.3) is 0 Å². The standard InChI is InChI=1S/C21H20N4O2/c1-26-19-12-8-17(9-13-19)22-24-21(16-6-4-3-5-7-16)25-23-18-10-14-20(27-2)15-11-18/h3-15,22H,1-2H3. The number of nitrogens with one attached hydrogen (secondary N) is 1. The van der Waals surface area contributed by atoms with E-state index in [0.717, 1.165) is 22.7 Å². The van der Waals surface area contributed by atoms with E-state index >= 15 is 0 Å². The van der Waals surface area contributed by atoms with Crippen LogP contribution in [0.3, 0.4) is 0 Å². The highest BCUT2D eigenvalue weighted by Crippen LogP contribution is 2.19. The van der Waals surface area contributed by atoms with Gasteiger partial charge in [-0.05, 0) is 48.5 Å². The molecule has 0 aromatic heterocycles. The van der Waals surface area contributed by atoms with Gasteiger partial charge < -0.3 is 9.47 Å². The van der Waals surface area contributed by atoms with E-state index in [4.69, 9.17) is 9.47 Å². The number of rotatable bonds is 6. The number of hydrogen-bond donors (Lipinski definition) is 1. The SMILES string of the molecule is COc1ccc(N=NC(=NNc2ccc(OC)cc2)c2ccccc2)cc1. The third kappa shape index (κ3) is 5.15. The molecule has 3 aromatic rings. The fourth-order valence-corrected chi connectivity index (χ4v) is 2.27. The van der Waals surface area contributed by atoms with Crippen molar-refractivity contribution >= 4 is 17.2 Å². The Morgan fingerprint density at radius 1 is 0.741 bits per heavy atom. The van der Waals surface area contributed by atoms with Gasteiger partial charge in [-0.3, -0.25) is 5.43 Å². The first-order valence-corrected chi connectivity index (χ1v) is 8.37. The second-order valence-electron chi connectivity index (χ2n) is 5.54. The number of methoxy groups -OCH3 is 2. The molecule has 27 heavy (non-hydrogen) atoms. The minimum atomic E-state index is 0.474. The molecule has 0 unspecified atom stereocenters. The Bertz CT molecular complexity index is 905. The normalized spacial score (nSPS) is 11.4. The van der Waals surface area contributed by atoms with Crippen molar-refractivity contribution in [2.75, 3.05) is 19.6 Å². The van der Waals surface area contributed by atoms with Gasteiger partial charge in [0, 0.05) is 5.56 Å². The predicted octanol–water partition coefficient (Wildman–Crippen LogP) is 5.26. The molecule has 136 valence electrons. The molecule has 0 aliphatic rings. The largest absolute Gasteiger partial charge is 0.497 e. The number of hydrazone groups is 1. The summed E-state index contributed by atoms with van der Waals surface area (Å²) in [5.41, 5.74) is 5.40. The van der Waals surface area contributed by atoms with E-state index in [0.29, 0.717) is 11.5 Å². The lowest BCUT2D eigenvalue weighted by Crippen LogP contribution is -2.01. The highest BCUT2D eigenvalue weighted by Gasteiger charge is 2.03. The van der Waals surface area contributed by atoms with Crippen molar-refractivity contribution in [3.63, 3.8) is 0 Å². The molecule has 6 nitrogen and oxygen atoms in total. The van der Waals surface area contributed by atoms with Gasteiger partial charge in [-0.25, -0.2) is 0 Å². The number of amidine groups is 1. The Morgan fingerprint density at radius 2 is 1.33 bits per heavy atom. The highest BCUT2D eigenvalue weighted by molar-refractivity contribution is 5.99. The molecule has 0 heterocycles. The summed E-state index contributed by atoms with van der Waals surface area (Å²) in [4.78, 5) is 0. The van der Waals surface area contributed by atoms with Crippen LogP contribution in [0.5, 0.6) is 11.5 Å². The van der Waals surface area contributed by atoms with Crippen LogP contribution < -0.4 is 14.9 Å². The summed E-state index contributed by atoms with van der Waals surface area (Å²) in [5.74, 6) is 2.03. The van der Waals surface area contributed by atoms with Gasteiger partial charge in [0.25, 0.3) is 0 Å². The molecule has 0 atom stereocenters. The van der Waals surface area contributed by atoms with E-state index in [9.17, 15) is 0 Å². The van der Waals surface area contributed by atoms with Crippen molar-refractivity contribution in [2.45, 2.75) is 0 Å². The molecule has 0 spiro atoms. The summed E-state index contributed by atoms with van der Waals surface area (Å²) in [7, 11) is 3.26. The van der Waals surface area contributed by atoms with Crippen molar-refractivity contribution in [2.24, 2.45) is 15.3 Å². The molecule has 3 rings (SSSR count). The summed E-state index contributed by atoms with van der Waals surface area (Å²) in [5, 5.41) is 13.0. The van der Waals surface area contributed by atoms with E-state index in [1.165, 1.54) is 0 Å². The first-order chi connectivity index (χ1) is 13.3. The molecule has 0 bridgehead atoms. The van der Waals surface area contributed by atoms with Gasteiger partial charge in [-0.1, -0.05) is 30.3 Å². The zero-order valence-electron chi connectivity index (χ0n) is 15.2. The van der Waals surface area contributed by atoms with Gasteiger partial charge in [0.2, 0.25) is 5.84 Å². The van der Waals surface area contributed by atoms with Crippen LogP contribution in [0.1, 0.15) is 5.56 Å². The van der Waals surface area contributed by atoms with E-state index in [2.05, 4.69) is 20.8 Å². The lowest BCUT2D eigenvalue weighted by molar-refractivity contribution is 0.415. The van der Waals surface area contributed by atoms with E-state index in [1.807, 2.05) is 78.9 Å².